The van der Waals surface area contributed by atoms with Crippen molar-refractivity contribution in [2.45, 2.75) is 71.1 Å². The number of rotatable bonds is 12. The average molecular weight is 318 g/mol. The number of unbranched alkanes of at least 4 members (excludes halogenated alkanes) is 7. The molecular weight excluding hydrogens is 288 g/mol. The van der Waals surface area contributed by atoms with Gasteiger partial charge in [0.25, 0.3) is 0 Å². The van der Waals surface area contributed by atoms with Crippen LogP contribution in [0.2, 0.25) is 0 Å². The van der Waals surface area contributed by atoms with Gasteiger partial charge in [-0.1, -0.05) is 57.6 Å². The van der Waals surface area contributed by atoms with E-state index < -0.39 is 0 Å². The summed E-state index contributed by atoms with van der Waals surface area (Å²) < 4.78 is 0. The van der Waals surface area contributed by atoms with Crippen LogP contribution < -0.4 is 0 Å². The summed E-state index contributed by atoms with van der Waals surface area (Å²) in [4.78, 5) is 11.8. The number of hydrogen-bond acceptors (Lipinski definition) is 3. The second kappa shape index (κ2) is 11.8. The Morgan fingerprint density at radius 3 is 2.39 bits per heavy atom. The fourth-order valence-electron chi connectivity index (χ4n) is 2.51. The van der Waals surface area contributed by atoms with Crippen LogP contribution in [0.3, 0.4) is 0 Å². The van der Waals surface area contributed by atoms with Gasteiger partial charge >= 0.3 is 0 Å². The number of ketones is 1. The van der Waals surface area contributed by atoms with E-state index >= 15 is 0 Å². The van der Waals surface area contributed by atoms with Crippen LogP contribution in [-0.4, -0.2) is 16.0 Å². The average Bonchev–Trinajstić information content (AvgIpc) is 2.54. The van der Waals surface area contributed by atoms with Gasteiger partial charge in [-0.25, -0.2) is 0 Å². The molecule has 2 N–H and O–H groups in total. The number of carbonyl (C=O) groups excluding carboxylic acids is 1. The second-order valence-electron chi connectivity index (χ2n) is 6.10. The highest BCUT2D eigenvalue weighted by molar-refractivity contribution is 5.89. The van der Waals surface area contributed by atoms with Crippen molar-refractivity contribution in [1.82, 2.24) is 0 Å². The van der Waals surface area contributed by atoms with Gasteiger partial charge in [-0.15, -0.1) is 0 Å². The van der Waals surface area contributed by atoms with Crippen molar-refractivity contribution in [3.63, 3.8) is 0 Å². The van der Waals surface area contributed by atoms with Crippen LogP contribution >= 0.6 is 0 Å². The van der Waals surface area contributed by atoms with E-state index in [1.54, 1.807) is 12.1 Å². The quantitative estimate of drug-likeness (QED) is 0.312. The first-order valence-electron chi connectivity index (χ1n) is 8.83. The maximum Gasteiger partial charge on any atom is 0.157 e. The molecule has 0 heterocycles. The minimum Gasteiger partial charge on any atom is -0.504 e. The van der Waals surface area contributed by atoms with Gasteiger partial charge in [0.1, 0.15) is 0 Å². The van der Waals surface area contributed by atoms with Crippen LogP contribution in [0.15, 0.2) is 30.4 Å². The van der Waals surface area contributed by atoms with E-state index in [4.69, 9.17) is 0 Å². The van der Waals surface area contributed by atoms with Crippen molar-refractivity contribution < 1.29 is 15.0 Å². The van der Waals surface area contributed by atoms with Crippen LogP contribution in [0, 0.1) is 0 Å². The second-order valence-corrected chi connectivity index (χ2v) is 6.10. The summed E-state index contributed by atoms with van der Waals surface area (Å²) >= 11 is 0. The highest BCUT2D eigenvalue weighted by Crippen LogP contribution is 2.25. The summed E-state index contributed by atoms with van der Waals surface area (Å²) in [6.45, 7) is 2.23. The molecule has 0 aliphatic rings. The third kappa shape index (κ3) is 9.07. The SMILES string of the molecule is CCCCCCCCC/C=C/C(=O)CCc1ccc(O)c(O)c1. The Kier molecular flexibility index (Phi) is 9.85. The summed E-state index contributed by atoms with van der Waals surface area (Å²) in [5.74, 6) is -0.153. The number of allylic oxidation sites excluding steroid dienone is 2. The Morgan fingerprint density at radius 2 is 1.70 bits per heavy atom. The van der Waals surface area contributed by atoms with Gasteiger partial charge in [0.15, 0.2) is 17.3 Å². The molecule has 23 heavy (non-hydrogen) atoms. The first kappa shape index (κ1) is 19.3. The Labute approximate surface area is 140 Å². The minimum absolute atomic E-state index is 0.112. The first-order valence-corrected chi connectivity index (χ1v) is 8.83. The van der Waals surface area contributed by atoms with Crippen molar-refractivity contribution in [2.24, 2.45) is 0 Å². The number of phenols is 2. The lowest BCUT2D eigenvalue weighted by molar-refractivity contribution is -0.114. The molecular formula is C20H30O3. The zero-order valence-corrected chi connectivity index (χ0v) is 14.3. The fraction of sp³-hybridized carbons (Fsp3) is 0.550. The lowest BCUT2D eigenvalue weighted by Gasteiger charge is -2.02. The highest BCUT2D eigenvalue weighted by Gasteiger charge is 2.03. The van der Waals surface area contributed by atoms with Crippen LogP contribution in [0.25, 0.3) is 0 Å². The molecule has 1 aromatic rings. The Hall–Kier alpha value is -1.77. The maximum absolute atomic E-state index is 11.8. The van der Waals surface area contributed by atoms with E-state index in [1.165, 1.54) is 50.7 Å². The van der Waals surface area contributed by atoms with Crippen LogP contribution in [0.4, 0.5) is 0 Å². The standard InChI is InChI=1S/C20H30O3/c1-2-3-4-5-6-7-8-9-10-11-18(21)14-12-17-13-15-19(22)20(23)16-17/h10-11,13,15-16,22-23H,2-9,12,14H2,1H3/b11-10+. The molecule has 0 aromatic heterocycles. The summed E-state index contributed by atoms with van der Waals surface area (Å²) in [6, 6.07) is 4.68. The summed E-state index contributed by atoms with van der Waals surface area (Å²) in [5.41, 5.74) is 0.856. The van der Waals surface area contributed by atoms with Gasteiger partial charge < -0.3 is 10.2 Å². The molecule has 0 atom stereocenters. The topological polar surface area (TPSA) is 57.5 Å². The molecule has 0 saturated carbocycles. The predicted molar refractivity (Wildman–Crippen MR) is 94.8 cm³/mol. The zero-order chi connectivity index (χ0) is 16.9. The molecule has 1 rings (SSSR count). The molecule has 0 fully saturated rings. The van der Waals surface area contributed by atoms with Crippen molar-refractivity contribution in [3.05, 3.63) is 35.9 Å². The minimum atomic E-state index is -0.135. The highest BCUT2D eigenvalue weighted by atomic mass is 16.3. The molecule has 0 unspecified atom stereocenters. The zero-order valence-electron chi connectivity index (χ0n) is 14.3. The molecule has 128 valence electrons. The third-order valence-electron chi connectivity index (χ3n) is 3.98. The molecule has 3 nitrogen and oxygen atoms in total. The lowest BCUT2D eigenvalue weighted by Crippen LogP contribution is -1.96. The third-order valence-corrected chi connectivity index (χ3v) is 3.98. The summed E-state index contributed by atoms with van der Waals surface area (Å²) in [6.07, 6.45) is 14.6. The van der Waals surface area contributed by atoms with Crippen molar-refractivity contribution in [1.29, 1.82) is 0 Å². The smallest absolute Gasteiger partial charge is 0.157 e. The lowest BCUT2D eigenvalue weighted by atomic mass is 10.1. The number of aryl methyl sites for hydroxylation is 1. The van der Waals surface area contributed by atoms with E-state index in [0.717, 1.165) is 18.4 Å². The van der Waals surface area contributed by atoms with E-state index in [-0.39, 0.29) is 17.3 Å². The van der Waals surface area contributed by atoms with Crippen molar-refractivity contribution in [3.8, 4) is 11.5 Å². The summed E-state index contributed by atoms with van der Waals surface area (Å²) in [5, 5.41) is 18.6. The monoisotopic (exact) mass is 318 g/mol. The first-order chi connectivity index (χ1) is 11.1. The van der Waals surface area contributed by atoms with E-state index in [2.05, 4.69) is 6.92 Å². The number of aromatic hydroxyl groups is 2. The normalized spacial score (nSPS) is 11.2. The molecule has 0 aliphatic carbocycles. The van der Waals surface area contributed by atoms with Gasteiger partial charge in [0, 0.05) is 6.42 Å². The molecule has 0 saturated heterocycles. The molecule has 1 aromatic carbocycles. The number of carbonyl (C=O) groups is 1. The fourth-order valence-corrected chi connectivity index (χ4v) is 2.51. The molecule has 0 radical (unpaired) electrons. The van der Waals surface area contributed by atoms with Gasteiger partial charge in [-0.2, -0.15) is 0 Å². The van der Waals surface area contributed by atoms with Gasteiger partial charge in [-0.3, -0.25) is 4.79 Å². The van der Waals surface area contributed by atoms with Gasteiger partial charge in [0.05, 0.1) is 0 Å². The van der Waals surface area contributed by atoms with Gasteiger partial charge in [0.2, 0.25) is 0 Å². The number of phenolic OH excluding ortho intramolecular Hbond substituents is 2. The Balaban J connectivity index is 2.10. The molecule has 0 bridgehead atoms. The number of hydrogen-bond donors (Lipinski definition) is 2. The van der Waals surface area contributed by atoms with Crippen LogP contribution in [0.5, 0.6) is 11.5 Å². The van der Waals surface area contributed by atoms with E-state index in [9.17, 15) is 15.0 Å². The number of benzene rings is 1. The molecule has 0 aliphatic heterocycles. The molecule has 3 heteroatoms. The maximum atomic E-state index is 11.8. The predicted octanol–water partition coefficient (Wildman–Crippen LogP) is 5.30. The van der Waals surface area contributed by atoms with Crippen LogP contribution in [0.1, 0.15) is 70.3 Å². The summed E-state index contributed by atoms with van der Waals surface area (Å²) in [7, 11) is 0. The Bertz CT molecular complexity index is 492. The van der Waals surface area contributed by atoms with E-state index in [0.29, 0.717) is 12.8 Å². The van der Waals surface area contributed by atoms with Crippen LogP contribution in [-0.2, 0) is 11.2 Å². The molecule has 0 spiro atoms. The largest absolute Gasteiger partial charge is 0.504 e. The Morgan fingerprint density at radius 1 is 1.00 bits per heavy atom. The van der Waals surface area contributed by atoms with Gasteiger partial charge in [-0.05, 0) is 43.0 Å². The molecule has 0 amide bonds. The van der Waals surface area contributed by atoms with E-state index in [1.807, 2.05) is 6.08 Å². The van der Waals surface area contributed by atoms with Crippen molar-refractivity contribution >= 4 is 5.78 Å². The van der Waals surface area contributed by atoms with Crippen molar-refractivity contribution in [2.75, 3.05) is 0 Å².